The molecule has 4 rings (SSSR count). The van der Waals surface area contributed by atoms with Crippen LogP contribution >= 0.6 is 0 Å². The van der Waals surface area contributed by atoms with Crippen molar-refractivity contribution in [1.82, 2.24) is 19.5 Å². The number of benzene rings is 2. The molecule has 0 saturated carbocycles. The van der Waals surface area contributed by atoms with Gasteiger partial charge in [-0.2, -0.15) is 0 Å². The Morgan fingerprint density at radius 1 is 1.12 bits per heavy atom. The number of aromatic amines is 1. The van der Waals surface area contributed by atoms with Gasteiger partial charge in [0.2, 0.25) is 0 Å². The molecular formula is C20H18N4O2. The average molecular weight is 346 g/mol. The summed E-state index contributed by atoms with van der Waals surface area (Å²) < 4.78 is 7.33. The Morgan fingerprint density at radius 2 is 1.96 bits per heavy atom. The van der Waals surface area contributed by atoms with E-state index in [1.165, 1.54) is 0 Å². The van der Waals surface area contributed by atoms with Gasteiger partial charge >= 0.3 is 0 Å². The maximum atomic E-state index is 12.7. The van der Waals surface area contributed by atoms with E-state index in [-0.39, 0.29) is 5.56 Å². The zero-order valence-corrected chi connectivity index (χ0v) is 14.3. The molecule has 0 radical (unpaired) electrons. The maximum absolute atomic E-state index is 12.7. The highest BCUT2D eigenvalue weighted by atomic mass is 16.5. The number of H-pyrrole nitrogens is 1. The SMILES string of the molecule is CCOc1cccc(-c2nc3ncn(Cc4ccccc4)c3c(=O)[nH]2)c1. The first-order valence-electron chi connectivity index (χ1n) is 8.47. The quantitative estimate of drug-likeness (QED) is 0.602. The van der Waals surface area contributed by atoms with Crippen molar-refractivity contribution in [2.24, 2.45) is 0 Å². The molecule has 0 bridgehead atoms. The molecule has 2 aromatic heterocycles. The molecular weight excluding hydrogens is 328 g/mol. The molecule has 0 aliphatic rings. The number of aromatic nitrogens is 4. The third kappa shape index (κ3) is 3.09. The molecule has 0 aliphatic carbocycles. The number of rotatable bonds is 5. The second-order valence-corrected chi connectivity index (χ2v) is 5.91. The Labute approximate surface area is 150 Å². The lowest BCUT2D eigenvalue weighted by Crippen LogP contribution is -2.13. The third-order valence-electron chi connectivity index (χ3n) is 4.10. The van der Waals surface area contributed by atoms with E-state index in [9.17, 15) is 4.79 Å². The zero-order valence-electron chi connectivity index (χ0n) is 14.3. The average Bonchev–Trinajstić information content (AvgIpc) is 3.06. The number of hydrogen-bond donors (Lipinski definition) is 1. The first-order chi connectivity index (χ1) is 12.7. The summed E-state index contributed by atoms with van der Waals surface area (Å²) >= 11 is 0. The van der Waals surface area contributed by atoms with Crippen LogP contribution in [0.15, 0.2) is 65.7 Å². The fourth-order valence-corrected chi connectivity index (χ4v) is 2.92. The smallest absolute Gasteiger partial charge is 0.277 e. The zero-order chi connectivity index (χ0) is 17.9. The minimum absolute atomic E-state index is 0.208. The fourth-order valence-electron chi connectivity index (χ4n) is 2.92. The fraction of sp³-hybridized carbons (Fsp3) is 0.150. The van der Waals surface area contributed by atoms with Crippen LogP contribution in [-0.4, -0.2) is 26.1 Å². The van der Waals surface area contributed by atoms with Gasteiger partial charge in [-0.15, -0.1) is 0 Å². The second-order valence-electron chi connectivity index (χ2n) is 5.91. The van der Waals surface area contributed by atoms with Gasteiger partial charge in [-0.1, -0.05) is 42.5 Å². The minimum Gasteiger partial charge on any atom is -0.494 e. The molecule has 0 saturated heterocycles. The molecule has 6 heteroatoms. The van der Waals surface area contributed by atoms with Gasteiger partial charge in [-0.05, 0) is 24.6 Å². The van der Waals surface area contributed by atoms with Crippen molar-refractivity contribution in [2.75, 3.05) is 6.61 Å². The molecule has 2 heterocycles. The molecule has 2 aromatic carbocycles. The van der Waals surface area contributed by atoms with E-state index in [1.807, 2.05) is 66.1 Å². The lowest BCUT2D eigenvalue weighted by Gasteiger charge is -2.06. The lowest BCUT2D eigenvalue weighted by molar-refractivity contribution is 0.340. The predicted octanol–water partition coefficient (Wildman–Crippen LogP) is 3.23. The van der Waals surface area contributed by atoms with Crippen molar-refractivity contribution in [1.29, 1.82) is 0 Å². The lowest BCUT2D eigenvalue weighted by atomic mass is 10.2. The Kier molecular flexibility index (Phi) is 4.23. The van der Waals surface area contributed by atoms with E-state index >= 15 is 0 Å². The summed E-state index contributed by atoms with van der Waals surface area (Å²) in [7, 11) is 0. The molecule has 130 valence electrons. The van der Waals surface area contributed by atoms with Crippen molar-refractivity contribution in [3.8, 4) is 17.1 Å². The summed E-state index contributed by atoms with van der Waals surface area (Å²) in [4.78, 5) is 24.4. The number of nitrogens with zero attached hydrogens (tertiary/aromatic N) is 3. The van der Waals surface area contributed by atoms with Gasteiger partial charge in [-0.25, -0.2) is 9.97 Å². The number of ether oxygens (including phenoxy) is 1. The molecule has 0 spiro atoms. The molecule has 0 amide bonds. The highest BCUT2D eigenvalue weighted by molar-refractivity contribution is 5.73. The Morgan fingerprint density at radius 3 is 2.77 bits per heavy atom. The van der Waals surface area contributed by atoms with Crippen molar-refractivity contribution in [3.05, 3.63) is 76.8 Å². The van der Waals surface area contributed by atoms with E-state index < -0.39 is 0 Å². The van der Waals surface area contributed by atoms with Gasteiger partial charge < -0.3 is 14.3 Å². The van der Waals surface area contributed by atoms with Crippen LogP contribution < -0.4 is 10.3 Å². The predicted molar refractivity (Wildman–Crippen MR) is 100 cm³/mol. The normalized spacial score (nSPS) is 11.0. The number of nitrogens with one attached hydrogen (secondary N) is 1. The Bertz CT molecular complexity index is 1100. The summed E-state index contributed by atoms with van der Waals surface area (Å²) in [5.41, 5.74) is 2.58. The van der Waals surface area contributed by atoms with Gasteiger partial charge in [0.05, 0.1) is 12.9 Å². The Hall–Kier alpha value is -3.41. The summed E-state index contributed by atoms with van der Waals surface area (Å²) in [5, 5.41) is 0. The van der Waals surface area contributed by atoms with Gasteiger partial charge in [0.1, 0.15) is 11.6 Å². The third-order valence-corrected chi connectivity index (χ3v) is 4.10. The first-order valence-corrected chi connectivity index (χ1v) is 8.47. The maximum Gasteiger partial charge on any atom is 0.277 e. The highest BCUT2D eigenvalue weighted by Crippen LogP contribution is 2.21. The van der Waals surface area contributed by atoms with Crippen molar-refractivity contribution >= 4 is 11.2 Å². The van der Waals surface area contributed by atoms with Crippen molar-refractivity contribution in [2.45, 2.75) is 13.5 Å². The molecule has 0 aliphatic heterocycles. The van der Waals surface area contributed by atoms with Gasteiger partial charge in [0, 0.05) is 12.1 Å². The van der Waals surface area contributed by atoms with E-state index in [0.29, 0.717) is 30.1 Å². The van der Waals surface area contributed by atoms with Crippen molar-refractivity contribution < 1.29 is 4.74 Å². The summed E-state index contributed by atoms with van der Waals surface area (Å²) in [6, 6.07) is 17.4. The van der Waals surface area contributed by atoms with Crippen LogP contribution in [0.25, 0.3) is 22.6 Å². The number of hydrogen-bond acceptors (Lipinski definition) is 4. The molecule has 0 unspecified atom stereocenters. The number of fused-ring (bicyclic) bond motifs is 1. The van der Waals surface area contributed by atoms with E-state index in [0.717, 1.165) is 16.9 Å². The van der Waals surface area contributed by atoms with Gasteiger partial charge in [-0.3, -0.25) is 4.79 Å². The molecule has 26 heavy (non-hydrogen) atoms. The monoisotopic (exact) mass is 346 g/mol. The van der Waals surface area contributed by atoms with Crippen molar-refractivity contribution in [3.63, 3.8) is 0 Å². The molecule has 6 nitrogen and oxygen atoms in total. The molecule has 0 fully saturated rings. The largest absolute Gasteiger partial charge is 0.494 e. The van der Waals surface area contributed by atoms with Crippen LogP contribution in [0.5, 0.6) is 5.75 Å². The van der Waals surface area contributed by atoms with E-state index in [4.69, 9.17) is 4.74 Å². The minimum atomic E-state index is -0.208. The van der Waals surface area contributed by atoms with Crippen LogP contribution in [0.1, 0.15) is 12.5 Å². The van der Waals surface area contributed by atoms with E-state index in [2.05, 4.69) is 15.0 Å². The van der Waals surface area contributed by atoms with Crippen LogP contribution in [0.2, 0.25) is 0 Å². The Balaban J connectivity index is 1.74. The second kappa shape index (κ2) is 6.84. The van der Waals surface area contributed by atoms with Crippen LogP contribution in [0.4, 0.5) is 0 Å². The van der Waals surface area contributed by atoms with E-state index in [1.54, 1.807) is 6.33 Å². The number of imidazole rings is 1. The van der Waals surface area contributed by atoms with Gasteiger partial charge in [0.15, 0.2) is 11.2 Å². The molecule has 0 atom stereocenters. The topological polar surface area (TPSA) is 72.8 Å². The summed E-state index contributed by atoms with van der Waals surface area (Å²) in [6.07, 6.45) is 1.65. The summed E-state index contributed by atoms with van der Waals surface area (Å²) in [6.45, 7) is 3.08. The van der Waals surface area contributed by atoms with Crippen LogP contribution in [-0.2, 0) is 6.54 Å². The van der Waals surface area contributed by atoms with Gasteiger partial charge in [0.25, 0.3) is 5.56 Å². The van der Waals surface area contributed by atoms with Crippen LogP contribution in [0, 0.1) is 0 Å². The molecule has 1 N–H and O–H groups in total. The van der Waals surface area contributed by atoms with Crippen LogP contribution in [0.3, 0.4) is 0 Å². The molecule has 4 aromatic rings. The summed E-state index contributed by atoms with van der Waals surface area (Å²) in [5.74, 6) is 1.22. The highest BCUT2D eigenvalue weighted by Gasteiger charge is 2.12. The first kappa shape index (κ1) is 16.1. The standard InChI is InChI=1S/C20H18N4O2/c1-2-26-16-10-6-9-15(11-16)18-22-19-17(20(25)23-18)24(13-21-19)12-14-7-4-3-5-8-14/h3-11,13H,2,12H2,1H3,(H,22,23,25).